The molecule has 0 bridgehead atoms. The van der Waals surface area contributed by atoms with Gasteiger partial charge >= 0.3 is 11.9 Å². The Kier molecular flexibility index (Phi) is 5.98. The van der Waals surface area contributed by atoms with Gasteiger partial charge in [0.05, 0.1) is 18.8 Å². The van der Waals surface area contributed by atoms with Crippen molar-refractivity contribution in [1.82, 2.24) is 0 Å². The van der Waals surface area contributed by atoms with Crippen LogP contribution in [0.15, 0.2) is 24.3 Å². The van der Waals surface area contributed by atoms with Gasteiger partial charge in [-0.3, -0.25) is 4.79 Å². The highest BCUT2D eigenvalue weighted by Gasteiger charge is 2.14. The highest BCUT2D eigenvalue weighted by Crippen LogP contribution is 2.14. The molecule has 0 amide bonds. The first-order valence-electron chi connectivity index (χ1n) is 5.84. The molecule has 6 nitrogen and oxygen atoms in total. The molecule has 0 aromatic heterocycles. The van der Waals surface area contributed by atoms with E-state index in [1.165, 1.54) is 24.3 Å². The number of ether oxygens (including phenoxy) is 2. The van der Waals surface area contributed by atoms with Gasteiger partial charge in [0.2, 0.25) is 0 Å². The second kappa shape index (κ2) is 7.50. The van der Waals surface area contributed by atoms with Crippen LogP contribution in [0, 0.1) is 0 Å². The number of carbonyl (C=O) groups is 2. The van der Waals surface area contributed by atoms with Crippen LogP contribution in [-0.2, 0) is 9.53 Å². The molecule has 1 aromatic rings. The maximum absolute atomic E-state index is 11.6. The molecule has 0 saturated carbocycles. The first-order chi connectivity index (χ1) is 9.10. The van der Waals surface area contributed by atoms with Crippen molar-refractivity contribution in [1.29, 1.82) is 0 Å². The van der Waals surface area contributed by atoms with E-state index in [0.717, 1.165) is 0 Å². The average Bonchev–Trinajstić information content (AvgIpc) is 2.45. The summed E-state index contributed by atoms with van der Waals surface area (Å²) in [6.45, 7) is 0.779. The third-order valence-electron chi connectivity index (χ3n) is 2.29. The Morgan fingerprint density at radius 1 is 1.16 bits per heavy atom. The Morgan fingerprint density at radius 2 is 1.74 bits per heavy atom. The smallest absolute Gasteiger partial charge is 0.338 e. The summed E-state index contributed by atoms with van der Waals surface area (Å²) < 4.78 is 9.78. The quantitative estimate of drug-likeness (QED) is 0.577. The first kappa shape index (κ1) is 15.1. The number of aliphatic hydroxyl groups excluding tert-OH is 2. The molecule has 0 aliphatic carbocycles. The Labute approximate surface area is 110 Å². The van der Waals surface area contributed by atoms with Crippen molar-refractivity contribution in [3.05, 3.63) is 29.8 Å². The lowest BCUT2D eigenvalue weighted by Gasteiger charge is -2.12. The fourth-order valence-corrected chi connectivity index (χ4v) is 1.21. The topological polar surface area (TPSA) is 93.1 Å². The second-order valence-corrected chi connectivity index (χ2v) is 3.74. The lowest BCUT2D eigenvalue weighted by Crippen LogP contribution is -2.25. The highest BCUT2D eigenvalue weighted by molar-refractivity contribution is 5.89. The minimum Gasteiger partial charge on any atom is -0.454 e. The molecule has 6 heteroatoms. The summed E-state index contributed by atoms with van der Waals surface area (Å²) in [6, 6.07) is 5.81. The van der Waals surface area contributed by atoms with Crippen LogP contribution in [0.3, 0.4) is 0 Å². The lowest BCUT2D eigenvalue weighted by atomic mass is 10.2. The zero-order chi connectivity index (χ0) is 14.3. The summed E-state index contributed by atoms with van der Waals surface area (Å²) in [6.07, 6.45) is -0.677. The van der Waals surface area contributed by atoms with Crippen molar-refractivity contribution in [3.8, 4) is 5.75 Å². The first-order valence-corrected chi connectivity index (χ1v) is 5.84. The highest BCUT2D eigenvalue weighted by atomic mass is 16.6. The number of hydrogen-bond acceptors (Lipinski definition) is 6. The molecule has 0 fully saturated rings. The SMILES string of the molecule is CCC(=O)Oc1ccc(C(=O)OC(CO)CO)cc1. The molecule has 0 heterocycles. The lowest BCUT2D eigenvalue weighted by molar-refractivity contribution is -0.134. The summed E-state index contributed by atoms with van der Waals surface area (Å²) in [5.41, 5.74) is 0.239. The Morgan fingerprint density at radius 3 is 2.21 bits per heavy atom. The van der Waals surface area contributed by atoms with Crippen LogP contribution in [0.4, 0.5) is 0 Å². The van der Waals surface area contributed by atoms with Gasteiger partial charge in [0.25, 0.3) is 0 Å². The normalized spacial score (nSPS) is 10.3. The second-order valence-electron chi connectivity index (χ2n) is 3.74. The van der Waals surface area contributed by atoms with Crippen LogP contribution in [-0.4, -0.2) is 41.5 Å². The van der Waals surface area contributed by atoms with Crippen LogP contribution in [0.2, 0.25) is 0 Å². The molecule has 0 unspecified atom stereocenters. The monoisotopic (exact) mass is 268 g/mol. The van der Waals surface area contributed by atoms with Gasteiger partial charge in [0.1, 0.15) is 11.9 Å². The van der Waals surface area contributed by atoms with Crippen molar-refractivity contribution in [3.63, 3.8) is 0 Å². The maximum Gasteiger partial charge on any atom is 0.338 e. The Hall–Kier alpha value is -1.92. The molecule has 104 valence electrons. The van der Waals surface area contributed by atoms with Gasteiger partial charge in [0.15, 0.2) is 0 Å². The predicted octanol–water partition coefficient (Wildman–Crippen LogP) is 0.512. The van der Waals surface area contributed by atoms with Crippen molar-refractivity contribution < 1.29 is 29.3 Å². The van der Waals surface area contributed by atoms with Crippen molar-refractivity contribution in [2.75, 3.05) is 13.2 Å². The zero-order valence-corrected chi connectivity index (χ0v) is 10.5. The van der Waals surface area contributed by atoms with Gasteiger partial charge in [-0.1, -0.05) is 6.92 Å². The van der Waals surface area contributed by atoms with E-state index >= 15 is 0 Å². The maximum atomic E-state index is 11.6. The van der Waals surface area contributed by atoms with Gasteiger partial charge in [0, 0.05) is 6.42 Å². The number of esters is 2. The van der Waals surface area contributed by atoms with Crippen molar-refractivity contribution >= 4 is 11.9 Å². The molecular weight excluding hydrogens is 252 g/mol. The van der Waals surface area contributed by atoms with E-state index in [-0.39, 0.29) is 18.0 Å². The van der Waals surface area contributed by atoms with Crippen molar-refractivity contribution in [2.45, 2.75) is 19.4 Å². The Bertz CT molecular complexity index is 421. The standard InChI is InChI=1S/C13H16O6/c1-2-12(16)18-10-5-3-9(4-6-10)13(17)19-11(7-14)8-15/h3-6,11,14-15H,2,7-8H2,1H3. The number of aliphatic hydroxyl groups is 2. The fourth-order valence-electron chi connectivity index (χ4n) is 1.21. The molecule has 0 aliphatic heterocycles. The van der Waals surface area contributed by atoms with Gasteiger partial charge in [-0.2, -0.15) is 0 Å². The summed E-state index contributed by atoms with van der Waals surface area (Å²) in [5.74, 6) is -0.693. The van der Waals surface area contributed by atoms with E-state index in [2.05, 4.69) is 0 Å². The van der Waals surface area contributed by atoms with E-state index in [1.807, 2.05) is 0 Å². The molecule has 0 aliphatic rings. The molecule has 19 heavy (non-hydrogen) atoms. The number of hydrogen-bond donors (Lipinski definition) is 2. The van der Waals surface area contributed by atoms with Gasteiger partial charge < -0.3 is 19.7 Å². The zero-order valence-electron chi connectivity index (χ0n) is 10.5. The summed E-state index contributed by atoms with van der Waals surface area (Å²) in [7, 11) is 0. The van der Waals surface area contributed by atoms with E-state index in [1.54, 1.807) is 6.92 Å². The molecule has 2 N–H and O–H groups in total. The van der Waals surface area contributed by atoms with Crippen LogP contribution < -0.4 is 4.74 Å². The molecule has 0 radical (unpaired) electrons. The van der Waals surface area contributed by atoms with E-state index in [0.29, 0.717) is 5.75 Å². The molecule has 0 atom stereocenters. The summed E-state index contributed by atoms with van der Waals surface area (Å²) in [4.78, 5) is 22.7. The van der Waals surface area contributed by atoms with Crippen LogP contribution in [0.1, 0.15) is 23.7 Å². The minimum absolute atomic E-state index is 0.239. The number of benzene rings is 1. The number of carbonyl (C=O) groups excluding carboxylic acids is 2. The van der Waals surface area contributed by atoms with Crippen LogP contribution in [0.5, 0.6) is 5.75 Å². The van der Waals surface area contributed by atoms with Crippen molar-refractivity contribution in [2.24, 2.45) is 0 Å². The van der Waals surface area contributed by atoms with Gasteiger partial charge in [-0.05, 0) is 24.3 Å². The van der Waals surface area contributed by atoms with Crippen LogP contribution >= 0.6 is 0 Å². The van der Waals surface area contributed by atoms with Gasteiger partial charge in [-0.25, -0.2) is 4.79 Å². The molecule has 1 rings (SSSR count). The third kappa shape index (κ3) is 4.69. The molecular formula is C13H16O6. The largest absolute Gasteiger partial charge is 0.454 e. The minimum atomic E-state index is -0.940. The van der Waals surface area contributed by atoms with Crippen LogP contribution in [0.25, 0.3) is 0 Å². The fraction of sp³-hybridized carbons (Fsp3) is 0.385. The molecule has 1 aromatic carbocycles. The third-order valence-corrected chi connectivity index (χ3v) is 2.29. The van der Waals surface area contributed by atoms with E-state index in [9.17, 15) is 9.59 Å². The summed E-state index contributed by atoms with van der Waals surface area (Å²) >= 11 is 0. The average molecular weight is 268 g/mol. The predicted molar refractivity (Wildman–Crippen MR) is 65.7 cm³/mol. The number of rotatable bonds is 6. The van der Waals surface area contributed by atoms with Gasteiger partial charge in [-0.15, -0.1) is 0 Å². The Balaban J connectivity index is 2.65. The molecule has 0 saturated heterocycles. The molecule has 0 spiro atoms. The van der Waals surface area contributed by atoms with E-state index in [4.69, 9.17) is 19.7 Å². The summed E-state index contributed by atoms with van der Waals surface area (Å²) in [5, 5.41) is 17.6. The van der Waals surface area contributed by atoms with E-state index < -0.39 is 25.3 Å².